The molecule has 0 unspecified atom stereocenters. The molecule has 1 N–H and O–H groups in total. The van der Waals surface area contributed by atoms with E-state index in [9.17, 15) is 4.79 Å². The van der Waals surface area contributed by atoms with Crippen LogP contribution in [0.5, 0.6) is 0 Å². The minimum absolute atomic E-state index is 0.306. The van der Waals surface area contributed by atoms with Gasteiger partial charge < -0.3 is 15.0 Å². The van der Waals surface area contributed by atoms with E-state index in [1.54, 1.807) is 0 Å². The van der Waals surface area contributed by atoms with Gasteiger partial charge in [-0.25, -0.2) is 4.79 Å². The predicted molar refractivity (Wildman–Crippen MR) is 116 cm³/mol. The number of nitrogens with zero attached hydrogens (tertiary/aromatic N) is 2. The maximum Gasteiger partial charge on any atom is 0.407 e. The summed E-state index contributed by atoms with van der Waals surface area (Å²) >= 11 is 0. The third-order valence-corrected chi connectivity index (χ3v) is 5.23. The van der Waals surface area contributed by atoms with Gasteiger partial charge in [-0.3, -0.25) is 0 Å². The minimum Gasteiger partial charge on any atom is -0.444 e. The Balaban J connectivity index is 1.71. The molecule has 0 heterocycles. The molecule has 0 bridgehead atoms. The SMILES string of the molecule is CN(c1ccc(C#N)cc1)c1ccc2c(c1)CCC[C@H]2CNC(=O)OC(C)(C)C. The number of nitriles is 1. The minimum atomic E-state index is -0.487. The van der Waals surface area contributed by atoms with Gasteiger partial charge in [-0.1, -0.05) is 6.07 Å². The molecule has 2 aromatic carbocycles. The van der Waals surface area contributed by atoms with Crippen LogP contribution in [0.25, 0.3) is 0 Å². The van der Waals surface area contributed by atoms with Gasteiger partial charge >= 0.3 is 6.09 Å². The number of hydrogen-bond donors (Lipinski definition) is 1. The molecule has 152 valence electrons. The number of ether oxygens (including phenoxy) is 1. The van der Waals surface area contributed by atoms with Gasteiger partial charge in [0, 0.05) is 30.9 Å². The van der Waals surface area contributed by atoms with Gasteiger partial charge in [0.15, 0.2) is 0 Å². The van der Waals surface area contributed by atoms with E-state index in [1.807, 2.05) is 52.1 Å². The van der Waals surface area contributed by atoms with Crippen LogP contribution in [-0.4, -0.2) is 25.3 Å². The first-order valence-corrected chi connectivity index (χ1v) is 10.1. The number of carbonyl (C=O) groups excluding carboxylic acids is 1. The fraction of sp³-hybridized carbons (Fsp3) is 0.417. The number of amides is 1. The molecule has 1 atom stereocenters. The van der Waals surface area contributed by atoms with Gasteiger partial charge in [-0.2, -0.15) is 5.26 Å². The largest absolute Gasteiger partial charge is 0.444 e. The third-order valence-electron chi connectivity index (χ3n) is 5.23. The molecule has 1 amide bonds. The van der Waals surface area contributed by atoms with Crippen molar-refractivity contribution in [1.29, 1.82) is 5.26 Å². The van der Waals surface area contributed by atoms with Crippen molar-refractivity contribution in [3.8, 4) is 6.07 Å². The van der Waals surface area contributed by atoms with Crippen LogP contribution in [0.4, 0.5) is 16.2 Å². The molecule has 1 aliphatic rings. The Kier molecular flexibility index (Phi) is 6.12. The second-order valence-corrected chi connectivity index (χ2v) is 8.57. The average Bonchev–Trinajstić information content (AvgIpc) is 2.70. The van der Waals surface area contributed by atoms with E-state index in [0.717, 1.165) is 30.6 Å². The predicted octanol–water partition coefficient (Wildman–Crippen LogP) is 5.27. The van der Waals surface area contributed by atoms with E-state index in [-0.39, 0.29) is 6.09 Å². The molecule has 29 heavy (non-hydrogen) atoms. The number of rotatable bonds is 4. The van der Waals surface area contributed by atoms with E-state index in [0.29, 0.717) is 18.0 Å². The monoisotopic (exact) mass is 391 g/mol. The van der Waals surface area contributed by atoms with Gasteiger partial charge in [0.25, 0.3) is 0 Å². The van der Waals surface area contributed by atoms with Crippen LogP contribution < -0.4 is 10.2 Å². The van der Waals surface area contributed by atoms with Crippen LogP contribution >= 0.6 is 0 Å². The number of alkyl carbamates (subject to hydrolysis) is 1. The van der Waals surface area contributed by atoms with Crippen molar-refractivity contribution in [2.75, 3.05) is 18.5 Å². The molecule has 0 fully saturated rings. The molecule has 0 spiro atoms. The summed E-state index contributed by atoms with van der Waals surface area (Å²) in [5.41, 5.74) is 4.99. The lowest BCUT2D eigenvalue weighted by atomic mass is 9.82. The number of hydrogen-bond acceptors (Lipinski definition) is 4. The third kappa shape index (κ3) is 5.29. The second kappa shape index (κ2) is 8.57. The van der Waals surface area contributed by atoms with Gasteiger partial charge in [-0.15, -0.1) is 0 Å². The number of anilines is 2. The van der Waals surface area contributed by atoms with Gasteiger partial charge in [0.05, 0.1) is 11.6 Å². The van der Waals surface area contributed by atoms with Crippen LogP contribution in [0.3, 0.4) is 0 Å². The van der Waals surface area contributed by atoms with Crippen molar-refractivity contribution in [2.45, 2.75) is 51.6 Å². The Hall–Kier alpha value is -3.00. The molecule has 3 rings (SSSR count). The molecule has 1 aliphatic carbocycles. The molecule has 0 aromatic heterocycles. The maximum absolute atomic E-state index is 12.0. The van der Waals surface area contributed by atoms with Crippen molar-refractivity contribution < 1.29 is 9.53 Å². The fourth-order valence-corrected chi connectivity index (χ4v) is 3.75. The summed E-state index contributed by atoms with van der Waals surface area (Å²) in [6.45, 7) is 6.20. The van der Waals surface area contributed by atoms with E-state index in [1.165, 1.54) is 11.1 Å². The molecular weight excluding hydrogens is 362 g/mol. The lowest BCUT2D eigenvalue weighted by molar-refractivity contribution is 0.0523. The molecule has 5 heteroatoms. The highest BCUT2D eigenvalue weighted by Crippen LogP contribution is 2.35. The lowest BCUT2D eigenvalue weighted by Crippen LogP contribution is -2.35. The zero-order chi connectivity index (χ0) is 21.0. The van der Waals surface area contributed by atoms with Gasteiger partial charge in [-0.05, 0) is 87.6 Å². The molecule has 0 radical (unpaired) electrons. The summed E-state index contributed by atoms with van der Waals surface area (Å²) in [5, 5.41) is 11.9. The van der Waals surface area contributed by atoms with E-state index >= 15 is 0 Å². The zero-order valence-corrected chi connectivity index (χ0v) is 17.7. The zero-order valence-electron chi connectivity index (χ0n) is 17.7. The molecular formula is C24H29N3O2. The lowest BCUT2D eigenvalue weighted by Gasteiger charge is -2.28. The molecule has 5 nitrogen and oxygen atoms in total. The van der Waals surface area contributed by atoms with E-state index < -0.39 is 5.60 Å². The highest BCUT2D eigenvalue weighted by atomic mass is 16.6. The fourth-order valence-electron chi connectivity index (χ4n) is 3.75. The normalized spacial score (nSPS) is 15.8. The average molecular weight is 392 g/mol. The Morgan fingerprint density at radius 3 is 2.55 bits per heavy atom. The number of aryl methyl sites for hydroxylation is 1. The molecule has 0 saturated heterocycles. The van der Waals surface area contributed by atoms with Gasteiger partial charge in [0.1, 0.15) is 5.60 Å². The van der Waals surface area contributed by atoms with Crippen LogP contribution in [0.1, 0.15) is 56.2 Å². The Labute approximate surface area is 173 Å². The highest BCUT2D eigenvalue weighted by molar-refractivity contribution is 5.68. The summed E-state index contributed by atoms with van der Waals surface area (Å²) in [6.07, 6.45) is 2.86. The number of benzene rings is 2. The highest BCUT2D eigenvalue weighted by Gasteiger charge is 2.23. The quantitative estimate of drug-likeness (QED) is 0.771. The van der Waals surface area contributed by atoms with Crippen LogP contribution in [0.2, 0.25) is 0 Å². The van der Waals surface area contributed by atoms with E-state index in [2.05, 4.69) is 34.5 Å². The first kappa shape index (κ1) is 20.7. The summed E-state index contributed by atoms with van der Waals surface area (Å²) < 4.78 is 5.36. The molecule has 0 saturated carbocycles. The smallest absolute Gasteiger partial charge is 0.407 e. The van der Waals surface area contributed by atoms with Crippen LogP contribution in [0, 0.1) is 11.3 Å². The standard InChI is InChI=1S/C24H29N3O2/c1-24(2,3)29-23(28)26-16-19-7-5-6-18-14-21(12-13-22(18)19)27(4)20-10-8-17(15-25)9-11-20/h8-14,19H,5-7,16H2,1-4H3,(H,26,28)/t19-/m0/s1. The second-order valence-electron chi connectivity index (χ2n) is 8.57. The molecule has 2 aromatic rings. The summed E-state index contributed by atoms with van der Waals surface area (Å²) in [6, 6.07) is 16.3. The van der Waals surface area contributed by atoms with Gasteiger partial charge in [0.2, 0.25) is 0 Å². The number of fused-ring (bicyclic) bond motifs is 1. The number of nitrogens with one attached hydrogen (secondary N) is 1. The molecule has 0 aliphatic heterocycles. The Bertz CT molecular complexity index is 907. The van der Waals surface area contributed by atoms with Crippen molar-refractivity contribution in [3.63, 3.8) is 0 Å². The summed E-state index contributed by atoms with van der Waals surface area (Å²) in [4.78, 5) is 14.1. The van der Waals surface area contributed by atoms with Crippen LogP contribution in [0.15, 0.2) is 42.5 Å². The summed E-state index contributed by atoms with van der Waals surface area (Å²) in [7, 11) is 2.04. The van der Waals surface area contributed by atoms with Crippen molar-refractivity contribution in [1.82, 2.24) is 5.32 Å². The Morgan fingerprint density at radius 2 is 1.90 bits per heavy atom. The number of carbonyl (C=O) groups is 1. The maximum atomic E-state index is 12.0. The first-order chi connectivity index (χ1) is 13.8. The van der Waals surface area contributed by atoms with E-state index in [4.69, 9.17) is 10.00 Å². The van der Waals surface area contributed by atoms with Crippen molar-refractivity contribution >= 4 is 17.5 Å². The first-order valence-electron chi connectivity index (χ1n) is 10.1. The summed E-state index contributed by atoms with van der Waals surface area (Å²) in [5.74, 6) is 0.306. The van der Waals surface area contributed by atoms with Crippen molar-refractivity contribution in [3.05, 3.63) is 59.2 Å². The Morgan fingerprint density at radius 1 is 1.21 bits per heavy atom. The topological polar surface area (TPSA) is 65.4 Å². The van der Waals surface area contributed by atoms with Crippen molar-refractivity contribution in [2.24, 2.45) is 0 Å². The van der Waals surface area contributed by atoms with Crippen LogP contribution in [-0.2, 0) is 11.2 Å².